The van der Waals surface area contributed by atoms with Gasteiger partial charge in [-0.05, 0) is 36.8 Å². The summed E-state index contributed by atoms with van der Waals surface area (Å²) < 4.78 is 27.0. The van der Waals surface area contributed by atoms with Crippen molar-refractivity contribution in [1.29, 1.82) is 0 Å². The fraction of sp³-hybridized carbons (Fsp3) is 0.647. The summed E-state index contributed by atoms with van der Waals surface area (Å²) in [5, 5.41) is 3.39. The predicted molar refractivity (Wildman–Crippen MR) is 80.6 cm³/mol. The van der Waals surface area contributed by atoms with Crippen LogP contribution < -0.4 is 5.32 Å². The van der Waals surface area contributed by atoms with E-state index in [9.17, 15) is 8.78 Å². The van der Waals surface area contributed by atoms with E-state index >= 15 is 0 Å². The molecule has 114 valence electrons. The highest BCUT2D eigenvalue weighted by Crippen LogP contribution is 2.34. The van der Waals surface area contributed by atoms with E-state index in [1.54, 1.807) is 6.07 Å². The average Bonchev–Trinajstić information content (AvgIpc) is 2.33. The third-order valence-electron chi connectivity index (χ3n) is 4.05. The molecule has 1 N–H and O–H groups in total. The summed E-state index contributed by atoms with van der Waals surface area (Å²) in [6, 6.07) is 3.80. The molecule has 0 saturated carbocycles. The van der Waals surface area contributed by atoms with Gasteiger partial charge in [0.15, 0.2) is 0 Å². The summed E-state index contributed by atoms with van der Waals surface area (Å²) in [5.41, 5.74) is 0.735. The van der Waals surface area contributed by atoms with Gasteiger partial charge in [0, 0.05) is 17.7 Å². The molecule has 0 amide bonds. The molecule has 0 aliphatic carbocycles. The Morgan fingerprint density at radius 1 is 1.20 bits per heavy atom. The van der Waals surface area contributed by atoms with E-state index in [4.69, 9.17) is 0 Å². The quantitative estimate of drug-likeness (QED) is 0.768. The zero-order chi connectivity index (χ0) is 15.3. The number of benzene rings is 1. The van der Waals surface area contributed by atoms with E-state index in [-0.39, 0.29) is 11.5 Å². The van der Waals surface area contributed by atoms with Crippen LogP contribution in [0.3, 0.4) is 0 Å². The van der Waals surface area contributed by atoms with Crippen LogP contribution in [0, 0.1) is 23.0 Å². The molecule has 20 heavy (non-hydrogen) atoms. The minimum Gasteiger partial charge on any atom is -0.310 e. The van der Waals surface area contributed by atoms with Crippen molar-refractivity contribution in [2.75, 3.05) is 6.54 Å². The van der Waals surface area contributed by atoms with Gasteiger partial charge in [-0.3, -0.25) is 0 Å². The van der Waals surface area contributed by atoms with Crippen molar-refractivity contribution in [2.24, 2.45) is 11.3 Å². The van der Waals surface area contributed by atoms with Gasteiger partial charge >= 0.3 is 0 Å². The van der Waals surface area contributed by atoms with E-state index < -0.39 is 11.6 Å². The maximum atomic E-state index is 14.0. The van der Waals surface area contributed by atoms with Gasteiger partial charge in [0.1, 0.15) is 11.6 Å². The summed E-state index contributed by atoms with van der Waals surface area (Å²) in [6.45, 7) is 11.7. The summed E-state index contributed by atoms with van der Waals surface area (Å²) >= 11 is 0. The highest BCUT2D eigenvalue weighted by atomic mass is 19.1. The third kappa shape index (κ3) is 4.86. The average molecular weight is 283 g/mol. The van der Waals surface area contributed by atoms with Crippen LogP contribution in [0.4, 0.5) is 8.78 Å². The lowest BCUT2D eigenvalue weighted by atomic mass is 9.77. The van der Waals surface area contributed by atoms with Gasteiger partial charge < -0.3 is 5.32 Å². The molecule has 1 aromatic carbocycles. The number of hydrogen-bond acceptors (Lipinski definition) is 1. The van der Waals surface area contributed by atoms with Crippen molar-refractivity contribution >= 4 is 0 Å². The van der Waals surface area contributed by atoms with Crippen LogP contribution in [0.25, 0.3) is 0 Å². The van der Waals surface area contributed by atoms with Crippen molar-refractivity contribution in [1.82, 2.24) is 5.32 Å². The number of halogens is 2. The normalized spacial score (nSPS) is 15.2. The Morgan fingerprint density at radius 2 is 1.85 bits per heavy atom. The summed E-state index contributed by atoms with van der Waals surface area (Å²) in [7, 11) is 0. The summed E-state index contributed by atoms with van der Waals surface area (Å²) in [4.78, 5) is 0. The number of hydrogen-bond donors (Lipinski definition) is 1. The Morgan fingerprint density at radius 3 is 2.35 bits per heavy atom. The molecule has 0 spiro atoms. The van der Waals surface area contributed by atoms with Gasteiger partial charge in [-0.15, -0.1) is 0 Å². The number of nitrogens with one attached hydrogen (secondary N) is 1. The Bertz CT molecular complexity index is 423. The van der Waals surface area contributed by atoms with Gasteiger partial charge in [0.2, 0.25) is 0 Å². The zero-order valence-electron chi connectivity index (χ0n) is 13.3. The monoisotopic (exact) mass is 283 g/mol. The molecular weight excluding hydrogens is 256 g/mol. The molecular formula is C17H27F2N. The molecule has 1 aromatic rings. The topological polar surface area (TPSA) is 12.0 Å². The van der Waals surface area contributed by atoms with Crippen molar-refractivity contribution < 1.29 is 8.78 Å². The first-order valence-electron chi connectivity index (χ1n) is 7.44. The Hall–Kier alpha value is -0.960. The summed E-state index contributed by atoms with van der Waals surface area (Å²) in [6.07, 6.45) is 1.83. The van der Waals surface area contributed by atoms with E-state index in [2.05, 4.69) is 39.9 Å². The highest BCUT2D eigenvalue weighted by molar-refractivity contribution is 5.22. The minimum absolute atomic E-state index is 0.0650. The fourth-order valence-corrected chi connectivity index (χ4v) is 2.13. The molecule has 1 rings (SSSR count). The molecule has 3 heteroatoms. The second kappa shape index (κ2) is 7.16. The highest BCUT2D eigenvalue weighted by Gasteiger charge is 2.25. The second-order valence-electron chi connectivity index (χ2n) is 6.68. The molecule has 0 aromatic heterocycles. The molecule has 0 fully saturated rings. The van der Waals surface area contributed by atoms with E-state index in [0.717, 1.165) is 25.5 Å². The van der Waals surface area contributed by atoms with Gasteiger partial charge in [-0.25, -0.2) is 8.78 Å². The van der Waals surface area contributed by atoms with Crippen LogP contribution in [0.1, 0.15) is 59.1 Å². The van der Waals surface area contributed by atoms with Crippen molar-refractivity contribution in [3.8, 4) is 0 Å². The Labute approximate surface area is 121 Å². The molecule has 0 bridgehead atoms. The van der Waals surface area contributed by atoms with Crippen LogP contribution in [0.2, 0.25) is 0 Å². The fourth-order valence-electron chi connectivity index (χ4n) is 2.13. The van der Waals surface area contributed by atoms with Crippen LogP contribution in [-0.4, -0.2) is 6.54 Å². The smallest absolute Gasteiger partial charge is 0.130 e. The van der Waals surface area contributed by atoms with Crippen molar-refractivity contribution in [3.05, 3.63) is 35.4 Å². The Balaban J connectivity index is 2.93. The molecule has 2 unspecified atom stereocenters. The van der Waals surface area contributed by atoms with Gasteiger partial charge in [0.25, 0.3) is 0 Å². The van der Waals surface area contributed by atoms with E-state index in [1.165, 1.54) is 6.07 Å². The largest absolute Gasteiger partial charge is 0.310 e. The molecule has 1 nitrogen and oxygen atoms in total. The lowest BCUT2D eigenvalue weighted by molar-refractivity contribution is 0.221. The molecule has 0 radical (unpaired) electrons. The zero-order valence-corrected chi connectivity index (χ0v) is 13.3. The first-order chi connectivity index (χ1) is 9.25. The van der Waals surface area contributed by atoms with Crippen LogP contribution in [0.15, 0.2) is 18.2 Å². The molecule has 0 heterocycles. The van der Waals surface area contributed by atoms with E-state index in [1.807, 2.05) is 0 Å². The maximum Gasteiger partial charge on any atom is 0.130 e. The third-order valence-corrected chi connectivity index (χ3v) is 4.05. The second-order valence-corrected chi connectivity index (χ2v) is 6.68. The molecule has 0 aliphatic rings. The van der Waals surface area contributed by atoms with Crippen LogP contribution in [-0.2, 0) is 0 Å². The van der Waals surface area contributed by atoms with Gasteiger partial charge in [-0.2, -0.15) is 0 Å². The standard InChI is InChI=1S/C17H27F2N/c1-6-9-20-16(10-12(2)17(3,4)5)14-8-7-13(18)11-15(14)19/h7-8,11-12,16,20H,6,9-10H2,1-5H3. The lowest BCUT2D eigenvalue weighted by Gasteiger charge is -2.31. The van der Waals surface area contributed by atoms with Crippen molar-refractivity contribution in [3.63, 3.8) is 0 Å². The first-order valence-corrected chi connectivity index (χ1v) is 7.44. The maximum absolute atomic E-state index is 14.0. The summed E-state index contributed by atoms with van der Waals surface area (Å²) in [5.74, 6) is -0.551. The predicted octanol–water partition coefficient (Wildman–Crippen LogP) is 5.08. The molecule has 0 saturated heterocycles. The van der Waals surface area contributed by atoms with Crippen molar-refractivity contribution in [2.45, 2.75) is 53.5 Å². The van der Waals surface area contributed by atoms with E-state index in [0.29, 0.717) is 11.5 Å². The molecule has 0 aliphatic heterocycles. The van der Waals surface area contributed by atoms with Crippen LogP contribution in [0.5, 0.6) is 0 Å². The first kappa shape index (κ1) is 17.1. The Kier molecular flexibility index (Phi) is 6.12. The van der Waals surface area contributed by atoms with Gasteiger partial charge in [0.05, 0.1) is 0 Å². The number of rotatable bonds is 6. The molecule has 2 atom stereocenters. The van der Waals surface area contributed by atoms with Crippen LogP contribution >= 0.6 is 0 Å². The van der Waals surface area contributed by atoms with Gasteiger partial charge in [-0.1, -0.05) is 40.7 Å². The SMILES string of the molecule is CCCNC(CC(C)C(C)(C)C)c1ccc(F)cc1F. The lowest BCUT2D eigenvalue weighted by Crippen LogP contribution is -2.28. The minimum atomic E-state index is -0.524.